The summed E-state index contributed by atoms with van der Waals surface area (Å²) in [5.41, 5.74) is 7.20. The Morgan fingerprint density at radius 2 is 1.95 bits per heavy atom. The lowest BCUT2D eigenvalue weighted by molar-refractivity contribution is 0.273. The van der Waals surface area contributed by atoms with Crippen LogP contribution in [0.4, 0.5) is 5.69 Å². The van der Waals surface area contributed by atoms with Gasteiger partial charge in [0.2, 0.25) is 0 Å². The normalized spacial score (nSPS) is 10.8. The highest BCUT2D eigenvalue weighted by Crippen LogP contribution is 2.26. The summed E-state index contributed by atoms with van der Waals surface area (Å²) in [6.45, 7) is 0.386. The summed E-state index contributed by atoms with van der Waals surface area (Å²) in [4.78, 5) is 0. The van der Waals surface area contributed by atoms with Gasteiger partial charge in [0.25, 0.3) is 0 Å². The fraction of sp³-hybridized carbons (Fsp3) is 0.0667. The second-order valence-electron chi connectivity index (χ2n) is 4.23. The zero-order valence-electron chi connectivity index (χ0n) is 10.1. The molecular formula is C15H12BrNO2. The molecule has 0 aliphatic rings. The van der Waals surface area contributed by atoms with Gasteiger partial charge >= 0.3 is 0 Å². The third-order valence-corrected chi connectivity index (χ3v) is 3.46. The first-order valence-electron chi connectivity index (χ1n) is 5.87. The Hall–Kier alpha value is -1.94. The van der Waals surface area contributed by atoms with E-state index in [0.717, 1.165) is 27.0 Å². The van der Waals surface area contributed by atoms with Crippen LogP contribution < -0.4 is 10.5 Å². The minimum atomic E-state index is 0.386. The molecule has 0 unspecified atom stereocenters. The molecule has 0 atom stereocenters. The van der Waals surface area contributed by atoms with Crippen LogP contribution >= 0.6 is 15.9 Å². The number of ether oxygens (including phenoxy) is 1. The van der Waals surface area contributed by atoms with E-state index < -0.39 is 0 Å². The lowest BCUT2D eigenvalue weighted by Gasteiger charge is -2.05. The van der Waals surface area contributed by atoms with E-state index in [-0.39, 0.29) is 0 Å². The number of hydrogen-bond donors (Lipinski definition) is 1. The average molecular weight is 318 g/mol. The van der Waals surface area contributed by atoms with Crippen LogP contribution in [0.15, 0.2) is 57.4 Å². The highest BCUT2D eigenvalue weighted by molar-refractivity contribution is 9.10. The maximum Gasteiger partial charge on any atom is 0.146 e. The summed E-state index contributed by atoms with van der Waals surface area (Å²) >= 11 is 3.44. The van der Waals surface area contributed by atoms with Gasteiger partial charge in [-0.1, -0.05) is 12.1 Å². The van der Waals surface area contributed by atoms with Crippen LogP contribution in [-0.2, 0) is 6.61 Å². The summed E-state index contributed by atoms with van der Waals surface area (Å²) in [7, 11) is 0. The third-order valence-electron chi connectivity index (χ3n) is 2.80. The molecule has 0 amide bonds. The first kappa shape index (κ1) is 12.1. The Morgan fingerprint density at radius 1 is 1.11 bits per heavy atom. The molecule has 0 aliphatic carbocycles. The minimum absolute atomic E-state index is 0.386. The Morgan fingerprint density at radius 3 is 2.79 bits per heavy atom. The molecule has 4 heteroatoms. The molecule has 0 fully saturated rings. The van der Waals surface area contributed by atoms with E-state index in [1.54, 1.807) is 0 Å². The van der Waals surface area contributed by atoms with E-state index in [9.17, 15) is 0 Å². The van der Waals surface area contributed by atoms with Crippen LogP contribution in [0.3, 0.4) is 0 Å². The lowest BCUT2D eigenvalue weighted by Crippen LogP contribution is -1.93. The van der Waals surface area contributed by atoms with Crippen molar-refractivity contribution in [1.29, 1.82) is 0 Å². The predicted octanol–water partition coefficient (Wildman–Crippen LogP) is 4.36. The van der Waals surface area contributed by atoms with Crippen molar-refractivity contribution < 1.29 is 9.15 Å². The van der Waals surface area contributed by atoms with Gasteiger partial charge in [0.05, 0.1) is 4.47 Å². The summed E-state index contributed by atoms with van der Waals surface area (Å²) < 4.78 is 12.3. The molecule has 2 N–H and O–H groups in total. The number of halogens is 1. The first-order chi connectivity index (χ1) is 9.22. The van der Waals surface area contributed by atoms with E-state index in [1.165, 1.54) is 0 Å². The highest BCUT2D eigenvalue weighted by Gasteiger charge is 2.06. The summed E-state index contributed by atoms with van der Waals surface area (Å²) in [5.74, 6) is 1.57. The Kier molecular flexibility index (Phi) is 3.17. The van der Waals surface area contributed by atoms with Gasteiger partial charge in [-0.15, -0.1) is 0 Å². The van der Waals surface area contributed by atoms with E-state index in [4.69, 9.17) is 14.9 Å². The van der Waals surface area contributed by atoms with Crippen molar-refractivity contribution >= 4 is 32.6 Å². The molecule has 1 heterocycles. The number of para-hydroxylation sites is 1. The predicted molar refractivity (Wildman–Crippen MR) is 79.1 cm³/mol. The molecule has 3 nitrogen and oxygen atoms in total. The van der Waals surface area contributed by atoms with E-state index in [0.29, 0.717) is 12.3 Å². The van der Waals surface area contributed by atoms with Gasteiger partial charge in [0.15, 0.2) is 0 Å². The summed E-state index contributed by atoms with van der Waals surface area (Å²) in [6.07, 6.45) is 0. The monoisotopic (exact) mass is 317 g/mol. The molecule has 0 saturated carbocycles. The number of fused-ring (bicyclic) bond motifs is 1. The van der Waals surface area contributed by atoms with Gasteiger partial charge in [-0.3, -0.25) is 0 Å². The molecule has 0 spiro atoms. The molecular weight excluding hydrogens is 306 g/mol. The maximum absolute atomic E-state index is 5.72. The van der Waals surface area contributed by atoms with Crippen molar-refractivity contribution in [2.24, 2.45) is 0 Å². The molecule has 96 valence electrons. The number of hydrogen-bond acceptors (Lipinski definition) is 3. The van der Waals surface area contributed by atoms with Gasteiger partial charge in [-0.05, 0) is 46.3 Å². The number of benzene rings is 2. The molecule has 0 saturated heterocycles. The van der Waals surface area contributed by atoms with E-state index in [1.807, 2.05) is 48.5 Å². The lowest BCUT2D eigenvalue weighted by atomic mass is 10.2. The zero-order chi connectivity index (χ0) is 13.2. The van der Waals surface area contributed by atoms with Crippen molar-refractivity contribution in [3.8, 4) is 5.75 Å². The zero-order valence-corrected chi connectivity index (χ0v) is 11.7. The molecule has 2 aromatic carbocycles. The average Bonchev–Trinajstić information content (AvgIpc) is 2.79. The van der Waals surface area contributed by atoms with Gasteiger partial charge in [0, 0.05) is 17.1 Å². The fourth-order valence-electron chi connectivity index (χ4n) is 1.88. The first-order valence-corrected chi connectivity index (χ1v) is 6.67. The van der Waals surface area contributed by atoms with E-state index in [2.05, 4.69) is 15.9 Å². The largest absolute Gasteiger partial charge is 0.484 e. The molecule has 3 rings (SSSR count). The number of nitrogens with two attached hydrogens (primary N) is 1. The molecule has 0 radical (unpaired) electrons. The number of anilines is 1. The van der Waals surface area contributed by atoms with Crippen LogP contribution in [-0.4, -0.2) is 0 Å². The van der Waals surface area contributed by atoms with Gasteiger partial charge < -0.3 is 14.9 Å². The SMILES string of the molecule is Nc1ccc2cc(COc3ccccc3Br)oc2c1. The molecule has 0 bridgehead atoms. The Balaban J connectivity index is 1.80. The van der Waals surface area contributed by atoms with E-state index >= 15 is 0 Å². The van der Waals surface area contributed by atoms with Crippen LogP contribution in [0, 0.1) is 0 Å². The Labute approximate surface area is 119 Å². The molecule has 1 aromatic heterocycles. The second kappa shape index (κ2) is 4.97. The van der Waals surface area contributed by atoms with Crippen molar-refractivity contribution in [3.05, 3.63) is 58.8 Å². The van der Waals surface area contributed by atoms with Crippen LogP contribution in [0.25, 0.3) is 11.0 Å². The highest BCUT2D eigenvalue weighted by atomic mass is 79.9. The fourth-order valence-corrected chi connectivity index (χ4v) is 2.28. The standard InChI is InChI=1S/C15H12BrNO2/c16-13-3-1-2-4-14(13)18-9-12-7-10-5-6-11(17)8-15(10)19-12/h1-8H,9,17H2. The number of nitrogen functional groups attached to an aromatic ring is 1. The molecule has 19 heavy (non-hydrogen) atoms. The van der Waals surface area contributed by atoms with Gasteiger partial charge in [-0.25, -0.2) is 0 Å². The van der Waals surface area contributed by atoms with Crippen molar-refractivity contribution in [1.82, 2.24) is 0 Å². The van der Waals surface area contributed by atoms with Crippen LogP contribution in [0.5, 0.6) is 5.75 Å². The van der Waals surface area contributed by atoms with Crippen molar-refractivity contribution in [2.45, 2.75) is 6.61 Å². The van der Waals surface area contributed by atoms with Crippen molar-refractivity contribution in [2.75, 3.05) is 5.73 Å². The van der Waals surface area contributed by atoms with Crippen LogP contribution in [0.2, 0.25) is 0 Å². The maximum atomic E-state index is 5.72. The van der Waals surface area contributed by atoms with Gasteiger partial charge in [0.1, 0.15) is 23.7 Å². The molecule has 3 aromatic rings. The topological polar surface area (TPSA) is 48.4 Å². The second-order valence-corrected chi connectivity index (χ2v) is 5.08. The van der Waals surface area contributed by atoms with Gasteiger partial charge in [-0.2, -0.15) is 0 Å². The summed E-state index contributed by atoms with van der Waals surface area (Å²) in [6, 6.07) is 15.3. The third kappa shape index (κ3) is 2.58. The van der Waals surface area contributed by atoms with Crippen molar-refractivity contribution in [3.63, 3.8) is 0 Å². The number of rotatable bonds is 3. The quantitative estimate of drug-likeness (QED) is 0.730. The number of furan rings is 1. The smallest absolute Gasteiger partial charge is 0.146 e. The minimum Gasteiger partial charge on any atom is -0.484 e. The Bertz CT molecular complexity index is 721. The van der Waals surface area contributed by atoms with Crippen LogP contribution in [0.1, 0.15) is 5.76 Å². The molecule has 0 aliphatic heterocycles. The summed E-state index contributed by atoms with van der Waals surface area (Å²) in [5, 5.41) is 1.03.